The van der Waals surface area contributed by atoms with E-state index in [4.69, 9.17) is 0 Å². The molecule has 0 bridgehead atoms. The van der Waals surface area contributed by atoms with Gasteiger partial charge in [-0.2, -0.15) is 0 Å². The molecule has 2 rings (SSSR count). The van der Waals surface area contributed by atoms with E-state index in [0.29, 0.717) is 5.57 Å². The van der Waals surface area contributed by atoms with Gasteiger partial charge in [-0.1, -0.05) is 54.5 Å². The van der Waals surface area contributed by atoms with E-state index in [0.717, 1.165) is 11.1 Å². The van der Waals surface area contributed by atoms with Crippen LogP contribution in [0.15, 0.2) is 60.7 Å². The van der Waals surface area contributed by atoms with E-state index in [2.05, 4.69) is 11.8 Å². The second kappa shape index (κ2) is 5.51. The Bertz CT molecular complexity index is 594. The number of benzene rings is 2. The van der Waals surface area contributed by atoms with Crippen molar-refractivity contribution in [3.05, 3.63) is 71.8 Å². The lowest BCUT2D eigenvalue weighted by Gasteiger charge is -1.93. The van der Waals surface area contributed by atoms with Gasteiger partial charge in [-0.15, -0.1) is 0 Å². The Morgan fingerprint density at radius 2 is 1.41 bits per heavy atom. The molecule has 0 atom stereocenters. The number of hydrogen-bond donors (Lipinski definition) is 0. The standard InChI is InChI=1S/C16H10O/c17-13-16(15-9-5-2-6-10-15)12-11-14-7-3-1-4-8-14/h1-10H. The summed E-state index contributed by atoms with van der Waals surface area (Å²) in [5, 5.41) is 0. The van der Waals surface area contributed by atoms with Crippen LogP contribution in [0.3, 0.4) is 0 Å². The third-order valence-corrected chi connectivity index (χ3v) is 2.27. The van der Waals surface area contributed by atoms with Crippen LogP contribution in [0.1, 0.15) is 11.1 Å². The van der Waals surface area contributed by atoms with Crippen molar-refractivity contribution in [3.8, 4) is 11.8 Å². The first kappa shape index (κ1) is 11.0. The fraction of sp³-hybridized carbons (Fsp3) is 0. The van der Waals surface area contributed by atoms with Gasteiger partial charge in [-0.05, 0) is 18.1 Å². The van der Waals surface area contributed by atoms with Crippen LogP contribution in [-0.2, 0) is 4.79 Å². The quantitative estimate of drug-likeness (QED) is 0.531. The molecule has 2 aromatic carbocycles. The summed E-state index contributed by atoms with van der Waals surface area (Å²) in [6, 6.07) is 18.9. The zero-order chi connectivity index (χ0) is 11.9. The molecule has 2 aromatic rings. The summed E-state index contributed by atoms with van der Waals surface area (Å²) in [6.07, 6.45) is 0. The van der Waals surface area contributed by atoms with Crippen LogP contribution in [0.25, 0.3) is 5.57 Å². The summed E-state index contributed by atoms with van der Waals surface area (Å²) in [4.78, 5) is 10.9. The smallest absolute Gasteiger partial charge is 0.142 e. The molecule has 0 amide bonds. The van der Waals surface area contributed by atoms with Gasteiger partial charge >= 0.3 is 0 Å². The van der Waals surface area contributed by atoms with Gasteiger partial charge in [-0.3, -0.25) is 0 Å². The van der Waals surface area contributed by atoms with E-state index >= 15 is 0 Å². The van der Waals surface area contributed by atoms with E-state index in [1.54, 1.807) is 0 Å². The second-order valence-electron chi connectivity index (χ2n) is 3.46. The van der Waals surface area contributed by atoms with E-state index < -0.39 is 0 Å². The zero-order valence-electron chi connectivity index (χ0n) is 9.18. The Morgan fingerprint density at radius 3 is 2.00 bits per heavy atom. The van der Waals surface area contributed by atoms with Crippen molar-refractivity contribution >= 4 is 11.5 Å². The summed E-state index contributed by atoms with van der Waals surface area (Å²) in [7, 11) is 0. The highest BCUT2D eigenvalue weighted by Crippen LogP contribution is 2.09. The molecule has 1 heteroatoms. The fourth-order valence-electron chi connectivity index (χ4n) is 1.42. The number of allylic oxidation sites excluding steroid dienone is 1. The molecule has 80 valence electrons. The number of carbonyl (C=O) groups excluding carboxylic acids is 1. The Morgan fingerprint density at radius 1 is 0.824 bits per heavy atom. The monoisotopic (exact) mass is 218 g/mol. The van der Waals surface area contributed by atoms with Gasteiger partial charge in [-0.25, -0.2) is 4.79 Å². The van der Waals surface area contributed by atoms with Crippen molar-refractivity contribution in [1.82, 2.24) is 0 Å². The molecule has 0 heterocycles. The summed E-state index contributed by atoms with van der Waals surface area (Å²) in [5.41, 5.74) is 2.07. The molecule has 0 aliphatic rings. The largest absolute Gasteiger partial charge is 0.232 e. The minimum Gasteiger partial charge on any atom is -0.232 e. The molecular weight excluding hydrogens is 208 g/mol. The van der Waals surface area contributed by atoms with Crippen LogP contribution < -0.4 is 0 Å². The van der Waals surface area contributed by atoms with Gasteiger partial charge in [0.2, 0.25) is 0 Å². The van der Waals surface area contributed by atoms with Crippen LogP contribution in [-0.4, -0.2) is 5.94 Å². The first-order chi connectivity index (χ1) is 8.40. The van der Waals surface area contributed by atoms with E-state index in [9.17, 15) is 4.79 Å². The number of hydrogen-bond acceptors (Lipinski definition) is 1. The molecule has 0 aromatic heterocycles. The van der Waals surface area contributed by atoms with Crippen LogP contribution in [0, 0.1) is 11.8 Å². The molecule has 0 radical (unpaired) electrons. The van der Waals surface area contributed by atoms with Crippen molar-refractivity contribution < 1.29 is 4.79 Å². The first-order valence-corrected chi connectivity index (χ1v) is 5.28. The molecule has 0 aliphatic carbocycles. The third kappa shape index (κ3) is 2.95. The lowest BCUT2D eigenvalue weighted by Crippen LogP contribution is -1.81. The lowest BCUT2D eigenvalue weighted by atomic mass is 10.1. The molecule has 0 saturated carbocycles. The molecule has 0 saturated heterocycles. The Balaban J connectivity index is 2.30. The average molecular weight is 218 g/mol. The average Bonchev–Trinajstić information content (AvgIpc) is 2.42. The predicted octanol–water partition coefficient (Wildman–Crippen LogP) is 2.95. The summed E-state index contributed by atoms with van der Waals surface area (Å²) in [5.74, 6) is 7.67. The number of rotatable bonds is 1. The first-order valence-electron chi connectivity index (χ1n) is 5.28. The molecule has 0 fully saturated rings. The van der Waals surface area contributed by atoms with Crippen molar-refractivity contribution in [2.45, 2.75) is 0 Å². The topological polar surface area (TPSA) is 17.1 Å². The van der Waals surface area contributed by atoms with Crippen molar-refractivity contribution in [2.75, 3.05) is 0 Å². The highest BCUT2D eigenvalue weighted by molar-refractivity contribution is 5.96. The van der Waals surface area contributed by atoms with Gasteiger partial charge in [0, 0.05) is 11.1 Å². The lowest BCUT2D eigenvalue weighted by molar-refractivity contribution is 0.569. The third-order valence-electron chi connectivity index (χ3n) is 2.27. The molecule has 17 heavy (non-hydrogen) atoms. The van der Waals surface area contributed by atoms with Crippen LogP contribution in [0.2, 0.25) is 0 Å². The highest BCUT2D eigenvalue weighted by atomic mass is 16.1. The molecule has 1 nitrogen and oxygen atoms in total. The molecule has 0 spiro atoms. The van der Waals surface area contributed by atoms with Gasteiger partial charge in [0.1, 0.15) is 11.5 Å². The van der Waals surface area contributed by atoms with Crippen molar-refractivity contribution in [2.24, 2.45) is 0 Å². The maximum absolute atomic E-state index is 10.9. The van der Waals surface area contributed by atoms with E-state index in [1.807, 2.05) is 66.6 Å². The van der Waals surface area contributed by atoms with E-state index in [-0.39, 0.29) is 0 Å². The normalized spacial score (nSPS) is 8.71. The Hall–Kier alpha value is -2.55. The maximum atomic E-state index is 10.9. The van der Waals surface area contributed by atoms with Gasteiger partial charge in [0.25, 0.3) is 0 Å². The van der Waals surface area contributed by atoms with Crippen LogP contribution >= 0.6 is 0 Å². The maximum Gasteiger partial charge on any atom is 0.142 e. The molecular formula is C16H10O. The van der Waals surface area contributed by atoms with Gasteiger partial charge in [0.15, 0.2) is 0 Å². The fourth-order valence-corrected chi connectivity index (χ4v) is 1.42. The SMILES string of the molecule is O=C=C(C#Cc1ccccc1)c1ccccc1. The van der Waals surface area contributed by atoms with Crippen LogP contribution in [0.5, 0.6) is 0 Å². The molecule has 0 N–H and O–H groups in total. The molecule has 0 aliphatic heterocycles. The summed E-state index contributed by atoms with van der Waals surface area (Å²) >= 11 is 0. The van der Waals surface area contributed by atoms with Gasteiger partial charge in [0.05, 0.1) is 0 Å². The Labute approximate surface area is 100 Å². The summed E-state index contributed by atoms with van der Waals surface area (Å²) < 4.78 is 0. The minimum absolute atomic E-state index is 0.384. The van der Waals surface area contributed by atoms with Crippen molar-refractivity contribution in [3.63, 3.8) is 0 Å². The minimum atomic E-state index is 0.384. The second-order valence-corrected chi connectivity index (χ2v) is 3.46. The van der Waals surface area contributed by atoms with E-state index in [1.165, 1.54) is 0 Å². The predicted molar refractivity (Wildman–Crippen MR) is 68.9 cm³/mol. The highest BCUT2D eigenvalue weighted by Gasteiger charge is 1.96. The Kier molecular flexibility index (Phi) is 3.55. The van der Waals surface area contributed by atoms with Gasteiger partial charge < -0.3 is 0 Å². The van der Waals surface area contributed by atoms with Crippen molar-refractivity contribution in [1.29, 1.82) is 0 Å². The van der Waals surface area contributed by atoms with Crippen LogP contribution in [0.4, 0.5) is 0 Å². The summed E-state index contributed by atoms with van der Waals surface area (Å²) in [6.45, 7) is 0. The molecule has 0 unspecified atom stereocenters. The zero-order valence-corrected chi connectivity index (χ0v) is 9.18.